The van der Waals surface area contributed by atoms with Crippen molar-refractivity contribution in [1.29, 1.82) is 0 Å². The average Bonchev–Trinajstić information content (AvgIpc) is 2.86. The summed E-state index contributed by atoms with van der Waals surface area (Å²) in [4.78, 5) is 6.55. The minimum atomic E-state index is 0.690. The van der Waals surface area contributed by atoms with Gasteiger partial charge in [-0.05, 0) is 39.0 Å². The lowest BCUT2D eigenvalue weighted by Crippen LogP contribution is -2.39. The number of hydrogen-bond acceptors (Lipinski definition) is 4. The van der Waals surface area contributed by atoms with Gasteiger partial charge in [0.25, 0.3) is 0 Å². The Morgan fingerprint density at radius 1 is 1.36 bits per heavy atom. The Morgan fingerprint density at radius 2 is 2.09 bits per heavy atom. The van der Waals surface area contributed by atoms with Gasteiger partial charge in [0.1, 0.15) is 5.76 Å². The Kier molecular flexibility index (Phi) is 6.24. The number of nitrogens with one attached hydrogen (secondary N) is 1. The van der Waals surface area contributed by atoms with Crippen molar-refractivity contribution < 1.29 is 9.26 Å². The fourth-order valence-electron chi connectivity index (χ4n) is 2.82. The molecule has 1 aliphatic rings. The largest absolute Gasteiger partial charge is 0.381 e. The lowest BCUT2D eigenvalue weighted by Gasteiger charge is -2.26. The van der Waals surface area contributed by atoms with Crippen LogP contribution < -0.4 is 5.32 Å². The number of rotatable bonds is 5. The van der Waals surface area contributed by atoms with Gasteiger partial charge in [-0.2, -0.15) is 0 Å². The quantitative estimate of drug-likeness (QED) is 0.667. The van der Waals surface area contributed by atoms with Crippen LogP contribution in [0.4, 0.5) is 0 Å². The van der Waals surface area contributed by atoms with Crippen molar-refractivity contribution in [3.8, 4) is 0 Å². The molecule has 0 atom stereocenters. The maximum absolute atomic E-state index is 5.41. The van der Waals surface area contributed by atoms with Crippen molar-refractivity contribution in [2.45, 2.75) is 39.7 Å². The fourth-order valence-corrected chi connectivity index (χ4v) is 2.82. The summed E-state index contributed by atoms with van der Waals surface area (Å²) in [7, 11) is 3.91. The molecular weight excluding hydrogens is 280 g/mol. The Bertz CT molecular complexity index is 473. The van der Waals surface area contributed by atoms with E-state index in [0.717, 1.165) is 48.7 Å². The number of nitrogens with zero attached hydrogens (tertiary/aromatic N) is 3. The molecule has 1 N–H and O–H groups in total. The molecule has 0 radical (unpaired) electrons. The lowest BCUT2D eigenvalue weighted by molar-refractivity contribution is 0.0625. The second kappa shape index (κ2) is 8.17. The molecule has 2 heterocycles. The molecule has 1 aromatic heterocycles. The predicted octanol–water partition coefficient (Wildman–Crippen LogP) is 2.12. The molecule has 22 heavy (non-hydrogen) atoms. The van der Waals surface area contributed by atoms with E-state index in [1.165, 1.54) is 19.3 Å². The number of aliphatic imine (C=N–C) groups is 1. The fraction of sp³-hybridized carbons (Fsp3) is 0.750. The highest BCUT2D eigenvalue weighted by molar-refractivity contribution is 5.79. The Hall–Kier alpha value is -1.56. The van der Waals surface area contributed by atoms with Crippen LogP contribution in [0.15, 0.2) is 9.52 Å². The second-order valence-electron chi connectivity index (χ2n) is 5.97. The number of guanidine groups is 1. The van der Waals surface area contributed by atoms with E-state index in [9.17, 15) is 0 Å². The highest BCUT2D eigenvalue weighted by atomic mass is 16.5. The summed E-state index contributed by atoms with van der Waals surface area (Å²) in [5.41, 5.74) is 2.05. The number of hydrogen-bond donors (Lipinski definition) is 1. The standard InChI is InChI=1S/C16H28N4O2/c1-12-15(13(2)22-19-12)11-18-16(17-3)20(4)8-5-14-6-9-21-10-7-14/h14H,5-11H2,1-4H3,(H,17,18). The van der Waals surface area contributed by atoms with Gasteiger partial charge in [0, 0.05) is 46.0 Å². The molecule has 124 valence electrons. The molecule has 2 rings (SSSR count). The first-order chi connectivity index (χ1) is 10.6. The first kappa shape index (κ1) is 16.8. The first-order valence-corrected chi connectivity index (χ1v) is 8.03. The Morgan fingerprint density at radius 3 is 2.68 bits per heavy atom. The number of ether oxygens (including phenoxy) is 1. The van der Waals surface area contributed by atoms with Gasteiger partial charge in [0.15, 0.2) is 5.96 Å². The van der Waals surface area contributed by atoms with Crippen molar-refractivity contribution in [2.75, 3.05) is 33.9 Å². The molecule has 6 nitrogen and oxygen atoms in total. The SMILES string of the molecule is CN=C(NCc1c(C)noc1C)N(C)CCC1CCOCC1. The van der Waals surface area contributed by atoms with Crippen molar-refractivity contribution in [3.63, 3.8) is 0 Å². The summed E-state index contributed by atoms with van der Waals surface area (Å²) in [6, 6.07) is 0. The summed E-state index contributed by atoms with van der Waals surface area (Å²) < 4.78 is 10.6. The second-order valence-corrected chi connectivity index (χ2v) is 5.97. The molecule has 6 heteroatoms. The zero-order valence-electron chi connectivity index (χ0n) is 14.2. The van der Waals surface area contributed by atoms with E-state index < -0.39 is 0 Å². The summed E-state index contributed by atoms with van der Waals surface area (Å²) in [5, 5.41) is 7.37. The van der Waals surface area contributed by atoms with E-state index >= 15 is 0 Å². The van der Waals surface area contributed by atoms with Crippen molar-refractivity contribution in [2.24, 2.45) is 10.9 Å². The van der Waals surface area contributed by atoms with Crippen LogP contribution >= 0.6 is 0 Å². The molecule has 0 spiro atoms. The molecule has 0 unspecified atom stereocenters. The summed E-state index contributed by atoms with van der Waals surface area (Å²) in [6.45, 7) is 7.42. The minimum Gasteiger partial charge on any atom is -0.381 e. The molecule has 0 aromatic carbocycles. The normalized spacial score (nSPS) is 16.8. The third-order valence-electron chi connectivity index (χ3n) is 4.39. The molecule has 1 aliphatic heterocycles. The van der Waals surface area contributed by atoms with Gasteiger partial charge in [-0.25, -0.2) is 0 Å². The van der Waals surface area contributed by atoms with E-state index in [1.807, 2.05) is 20.9 Å². The topological polar surface area (TPSA) is 62.9 Å². The van der Waals surface area contributed by atoms with Crippen molar-refractivity contribution in [1.82, 2.24) is 15.4 Å². The molecule has 0 amide bonds. The van der Waals surface area contributed by atoms with Gasteiger partial charge >= 0.3 is 0 Å². The van der Waals surface area contributed by atoms with E-state index in [2.05, 4.69) is 27.4 Å². The van der Waals surface area contributed by atoms with Crippen LogP contribution in [0.2, 0.25) is 0 Å². The molecule has 1 fully saturated rings. The van der Waals surface area contributed by atoms with Crippen LogP contribution in [0, 0.1) is 19.8 Å². The van der Waals surface area contributed by atoms with Gasteiger partial charge in [0.2, 0.25) is 0 Å². The summed E-state index contributed by atoms with van der Waals surface area (Å²) in [5.74, 6) is 2.55. The maximum Gasteiger partial charge on any atom is 0.193 e. The molecule has 1 aromatic rings. The van der Waals surface area contributed by atoms with Crippen LogP contribution in [-0.4, -0.2) is 49.9 Å². The van der Waals surface area contributed by atoms with E-state index in [0.29, 0.717) is 6.54 Å². The van der Waals surface area contributed by atoms with E-state index in [1.54, 1.807) is 0 Å². The Labute approximate surface area is 132 Å². The number of aryl methyl sites for hydroxylation is 2. The zero-order chi connectivity index (χ0) is 15.9. The monoisotopic (exact) mass is 308 g/mol. The third kappa shape index (κ3) is 4.47. The van der Waals surface area contributed by atoms with Crippen molar-refractivity contribution in [3.05, 3.63) is 17.0 Å². The first-order valence-electron chi connectivity index (χ1n) is 8.03. The summed E-state index contributed by atoms with van der Waals surface area (Å²) >= 11 is 0. The highest BCUT2D eigenvalue weighted by Gasteiger charge is 2.16. The molecule has 0 bridgehead atoms. The van der Waals surface area contributed by atoms with Crippen LogP contribution in [0.5, 0.6) is 0 Å². The van der Waals surface area contributed by atoms with Gasteiger partial charge in [-0.15, -0.1) is 0 Å². The molecule has 1 saturated heterocycles. The lowest BCUT2D eigenvalue weighted by atomic mass is 9.96. The minimum absolute atomic E-state index is 0.690. The maximum atomic E-state index is 5.41. The molecule has 0 aliphatic carbocycles. The predicted molar refractivity (Wildman–Crippen MR) is 87.0 cm³/mol. The molecule has 0 saturated carbocycles. The van der Waals surface area contributed by atoms with E-state index in [4.69, 9.17) is 9.26 Å². The van der Waals surface area contributed by atoms with Gasteiger partial charge in [-0.3, -0.25) is 4.99 Å². The van der Waals surface area contributed by atoms with Gasteiger partial charge in [-0.1, -0.05) is 5.16 Å². The smallest absolute Gasteiger partial charge is 0.193 e. The highest BCUT2D eigenvalue weighted by Crippen LogP contribution is 2.18. The van der Waals surface area contributed by atoms with Gasteiger partial charge in [0.05, 0.1) is 5.69 Å². The van der Waals surface area contributed by atoms with Gasteiger partial charge < -0.3 is 19.5 Å². The zero-order valence-corrected chi connectivity index (χ0v) is 14.2. The summed E-state index contributed by atoms with van der Waals surface area (Å²) in [6.07, 6.45) is 3.55. The van der Waals surface area contributed by atoms with Crippen LogP contribution in [0.3, 0.4) is 0 Å². The Balaban J connectivity index is 1.80. The third-order valence-corrected chi connectivity index (χ3v) is 4.39. The molecular formula is C16H28N4O2. The van der Waals surface area contributed by atoms with Crippen LogP contribution in [-0.2, 0) is 11.3 Å². The van der Waals surface area contributed by atoms with E-state index in [-0.39, 0.29) is 0 Å². The average molecular weight is 308 g/mol. The van der Waals surface area contributed by atoms with Crippen LogP contribution in [0.25, 0.3) is 0 Å². The van der Waals surface area contributed by atoms with Crippen molar-refractivity contribution >= 4 is 5.96 Å². The van der Waals surface area contributed by atoms with Crippen LogP contribution in [0.1, 0.15) is 36.3 Å². The number of aromatic nitrogens is 1.